The lowest BCUT2D eigenvalue weighted by Gasteiger charge is -1.97. The van der Waals surface area contributed by atoms with Gasteiger partial charge in [0.25, 0.3) is 0 Å². The summed E-state index contributed by atoms with van der Waals surface area (Å²) < 4.78 is 0. The summed E-state index contributed by atoms with van der Waals surface area (Å²) >= 11 is 0. The summed E-state index contributed by atoms with van der Waals surface area (Å²) in [6.45, 7) is 4.26. The average Bonchev–Trinajstić information content (AvgIpc) is 2.14. The minimum absolute atomic E-state index is 0.544. The highest BCUT2D eigenvalue weighted by Crippen LogP contribution is 2.14. The number of aromatic nitrogens is 1. The fourth-order valence-corrected chi connectivity index (χ4v) is 0.763. The van der Waals surface area contributed by atoms with Gasteiger partial charge in [0.1, 0.15) is 0 Å². The van der Waals surface area contributed by atoms with Crippen LogP contribution in [-0.4, -0.2) is 4.98 Å². The minimum atomic E-state index is 0.544. The van der Waals surface area contributed by atoms with E-state index < -0.39 is 0 Å². The largest absolute Gasteiger partial charge is 0.397 e. The molecule has 0 saturated carbocycles. The molecule has 2 heteroatoms. The molecule has 1 aromatic heterocycles. The van der Waals surface area contributed by atoms with E-state index in [4.69, 9.17) is 5.73 Å². The third kappa shape index (κ3) is 1.25. The number of nitrogens with one attached hydrogen (secondary N) is 1. The van der Waals surface area contributed by atoms with Crippen molar-refractivity contribution in [1.82, 2.24) is 4.98 Å². The Bertz CT molecular complexity index is 189. The van der Waals surface area contributed by atoms with Crippen molar-refractivity contribution in [3.63, 3.8) is 0 Å². The zero-order chi connectivity index (χ0) is 6.85. The summed E-state index contributed by atoms with van der Waals surface area (Å²) in [5.74, 6) is 0.544. The van der Waals surface area contributed by atoms with Gasteiger partial charge in [0, 0.05) is 17.6 Å². The standard InChI is InChI=1S/C7H12N2/c1-5(2)7-3-6(8)4-9-7/h3-5,9H,8H2,1-2H3. The molecule has 0 radical (unpaired) electrons. The van der Waals surface area contributed by atoms with Crippen LogP contribution in [0.1, 0.15) is 25.5 Å². The van der Waals surface area contributed by atoms with Gasteiger partial charge in [-0.3, -0.25) is 0 Å². The van der Waals surface area contributed by atoms with E-state index in [1.807, 2.05) is 12.3 Å². The number of aromatic amines is 1. The van der Waals surface area contributed by atoms with Crippen LogP contribution in [0.3, 0.4) is 0 Å². The molecule has 9 heavy (non-hydrogen) atoms. The Morgan fingerprint density at radius 1 is 1.56 bits per heavy atom. The molecule has 0 amide bonds. The molecule has 0 fully saturated rings. The van der Waals surface area contributed by atoms with Crippen molar-refractivity contribution in [3.05, 3.63) is 18.0 Å². The van der Waals surface area contributed by atoms with Crippen LogP contribution < -0.4 is 5.73 Å². The second-order valence-electron chi connectivity index (χ2n) is 2.54. The van der Waals surface area contributed by atoms with Crippen molar-refractivity contribution in [3.8, 4) is 0 Å². The lowest BCUT2D eigenvalue weighted by molar-refractivity contribution is 0.833. The van der Waals surface area contributed by atoms with E-state index in [1.165, 1.54) is 5.69 Å². The number of hydrogen-bond donors (Lipinski definition) is 2. The van der Waals surface area contributed by atoms with E-state index in [9.17, 15) is 0 Å². The van der Waals surface area contributed by atoms with Crippen molar-refractivity contribution in [1.29, 1.82) is 0 Å². The highest BCUT2D eigenvalue weighted by molar-refractivity contribution is 5.38. The molecule has 0 aromatic carbocycles. The van der Waals surface area contributed by atoms with Crippen molar-refractivity contribution in [2.75, 3.05) is 5.73 Å². The molecular formula is C7H12N2. The van der Waals surface area contributed by atoms with Crippen LogP contribution in [0.15, 0.2) is 12.3 Å². The number of nitrogen functional groups attached to an aromatic ring is 1. The van der Waals surface area contributed by atoms with Crippen molar-refractivity contribution < 1.29 is 0 Å². The van der Waals surface area contributed by atoms with Crippen LogP contribution in [0.4, 0.5) is 5.69 Å². The molecule has 0 atom stereocenters. The predicted octanol–water partition coefficient (Wildman–Crippen LogP) is 1.72. The van der Waals surface area contributed by atoms with E-state index in [-0.39, 0.29) is 0 Å². The molecule has 2 nitrogen and oxygen atoms in total. The van der Waals surface area contributed by atoms with E-state index in [2.05, 4.69) is 18.8 Å². The molecule has 3 N–H and O–H groups in total. The maximum Gasteiger partial charge on any atom is 0.0494 e. The quantitative estimate of drug-likeness (QED) is 0.588. The van der Waals surface area contributed by atoms with E-state index in [0.29, 0.717) is 5.92 Å². The first-order chi connectivity index (χ1) is 4.20. The SMILES string of the molecule is CC(C)c1cc(N)c[nH]1. The van der Waals surface area contributed by atoms with Gasteiger partial charge in [0.05, 0.1) is 0 Å². The Morgan fingerprint density at radius 3 is 2.44 bits per heavy atom. The van der Waals surface area contributed by atoms with Gasteiger partial charge in [-0.05, 0) is 12.0 Å². The zero-order valence-electron chi connectivity index (χ0n) is 5.81. The third-order valence-electron chi connectivity index (χ3n) is 1.35. The lowest BCUT2D eigenvalue weighted by Crippen LogP contribution is -1.84. The fourth-order valence-electron chi connectivity index (χ4n) is 0.763. The molecule has 1 aromatic rings. The molecule has 50 valence electrons. The first kappa shape index (κ1) is 6.20. The van der Waals surface area contributed by atoms with Gasteiger partial charge in [0.15, 0.2) is 0 Å². The molecule has 0 aliphatic rings. The summed E-state index contributed by atoms with van der Waals surface area (Å²) in [6.07, 6.45) is 1.81. The molecule has 0 saturated heterocycles. The molecular weight excluding hydrogens is 112 g/mol. The van der Waals surface area contributed by atoms with Crippen LogP contribution in [-0.2, 0) is 0 Å². The molecule has 1 rings (SSSR count). The number of anilines is 1. The summed E-state index contributed by atoms with van der Waals surface area (Å²) in [4.78, 5) is 3.08. The number of rotatable bonds is 1. The van der Waals surface area contributed by atoms with E-state index >= 15 is 0 Å². The van der Waals surface area contributed by atoms with Gasteiger partial charge in [0.2, 0.25) is 0 Å². The maximum atomic E-state index is 5.49. The molecule has 0 spiro atoms. The van der Waals surface area contributed by atoms with Crippen LogP contribution in [0, 0.1) is 0 Å². The van der Waals surface area contributed by atoms with Crippen LogP contribution >= 0.6 is 0 Å². The van der Waals surface area contributed by atoms with Gasteiger partial charge in [-0.25, -0.2) is 0 Å². The van der Waals surface area contributed by atoms with Crippen LogP contribution in [0.2, 0.25) is 0 Å². The Labute approximate surface area is 55.1 Å². The second kappa shape index (κ2) is 2.13. The summed E-state index contributed by atoms with van der Waals surface area (Å²) in [7, 11) is 0. The van der Waals surface area contributed by atoms with Crippen molar-refractivity contribution in [2.45, 2.75) is 19.8 Å². The smallest absolute Gasteiger partial charge is 0.0494 e. The van der Waals surface area contributed by atoms with Crippen molar-refractivity contribution >= 4 is 5.69 Å². The topological polar surface area (TPSA) is 41.8 Å². The molecule has 0 unspecified atom stereocenters. The summed E-state index contributed by atoms with van der Waals surface area (Å²) in [6, 6.07) is 1.96. The number of nitrogens with two attached hydrogens (primary N) is 1. The fraction of sp³-hybridized carbons (Fsp3) is 0.429. The Kier molecular flexibility index (Phi) is 1.47. The van der Waals surface area contributed by atoms with Gasteiger partial charge in [-0.15, -0.1) is 0 Å². The number of hydrogen-bond acceptors (Lipinski definition) is 1. The highest BCUT2D eigenvalue weighted by atomic mass is 14.7. The first-order valence-electron chi connectivity index (χ1n) is 3.14. The summed E-state index contributed by atoms with van der Waals surface area (Å²) in [5.41, 5.74) is 7.50. The maximum absolute atomic E-state index is 5.49. The lowest BCUT2D eigenvalue weighted by atomic mass is 10.1. The Balaban J connectivity index is 2.85. The molecule has 0 aliphatic heterocycles. The van der Waals surface area contributed by atoms with E-state index in [1.54, 1.807) is 0 Å². The molecule has 0 aliphatic carbocycles. The molecule has 1 heterocycles. The van der Waals surface area contributed by atoms with Crippen molar-refractivity contribution in [2.24, 2.45) is 0 Å². The predicted molar refractivity (Wildman–Crippen MR) is 39.3 cm³/mol. The van der Waals surface area contributed by atoms with E-state index in [0.717, 1.165) is 5.69 Å². The third-order valence-corrected chi connectivity index (χ3v) is 1.35. The first-order valence-corrected chi connectivity index (χ1v) is 3.14. The zero-order valence-corrected chi connectivity index (χ0v) is 5.81. The van der Waals surface area contributed by atoms with Gasteiger partial charge in [-0.1, -0.05) is 13.8 Å². The minimum Gasteiger partial charge on any atom is -0.397 e. The van der Waals surface area contributed by atoms with Gasteiger partial charge < -0.3 is 10.7 Å². The summed E-state index contributed by atoms with van der Waals surface area (Å²) in [5, 5.41) is 0. The number of H-pyrrole nitrogens is 1. The van der Waals surface area contributed by atoms with Gasteiger partial charge >= 0.3 is 0 Å². The second-order valence-corrected chi connectivity index (χ2v) is 2.54. The Morgan fingerprint density at radius 2 is 2.22 bits per heavy atom. The average molecular weight is 124 g/mol. The van der Waals surface area contributed by atoms with Crippen LogP contribution in [0.5, 0.6) is 0 Å². The van der Waals surface area contributed by atoms with Gasteiger partial charge in [-0.2, -0.15) is 0 Å². The highest BCUT2D eigenvalue weighted by Gasteiger charge is 1.98. The normalized spacial score (nSPS) is 10.6. The Hall–Kier alpha value is -0.920. The molecule has 0 bridgehead atoms. The monoisotopic (exact) mass is 124 g/mol. The van der Waals surface area contributed by atoms with Crippen LogP contribution in [0.25, 0.3) is 0 Å².